The van der Waals surface area contributed by atoms with E-state index in [-0.39, 0.29) is 18.7 Å². The number of nitrogens with zero attached hydrogens (tertiary/aromatic N) is 4. The van der Waals surface area contributed by atoms with Crippen molar-refractivity contribution in [2.24, 2.45) is 7.05 Å². The summed E-state index contributed by atoms with van der Waals surface area (Å²) in [6, 6.07) is 18.9. The molecule has 0 fully saturated rings. The maximum atomic E-state index is 13.6. The summed E-state index contributed by atoms with van der Waals surface area (Å²) in [7, 11) is 1.64. The lowest BCUT2D eigenvalue weighted by atomic mass is 10.1. The van der Waals surface area contributed by atoms with Crippen LogP contribution >= 0.6 is 0 Å². The van der Waals surface area contributed by atoms with Crippen molar-refractivity contribution in [2.75, 3.05) is 11.9 Å². The van der Waals surface area contributed by atoms with Crippen LogP contribution in [0.25, 0.3) is 17.0 Å². The molecule has 0 atom stereocenters. The van der Waals surface area contributed by atoms with Crippen molar-refractivity contribution in [1.82, 2.24) is 24.6 Å². The van der Waals surface area contributed by atoms with Crippen LogP contribution in [0.5, 0.6) is 0 Å². The standard InChI is InChI=1S/C30H26F2N6O2/c1-19-27(29(40)38(37(19)2)18-21-10-12-24(31)25(32)16-21)28(39)33-14-6-7-20-11-13-26-22(15-20)17-34-30(36-26)35-23-8-4-3-5-9-23/h3-13,15-17H,14,18H2,1-2H3,(H,33,39)(H,34,35,36)/b7-6+. The fourth-order valence-electron chi connectivity index (χ4n) is 4.31. The summed E-state index contributed by atoms with van der Waals surface area (Å²) in [6.07, 6.45) is 5.38. The Balaban J connectivity index is 1.23. The topological polar surface area (TPSA) is 93.8 Å². The quantitative estimate of drug-likeness (QED) is 0.291. The van der Waals surface area contributed by atoms with E-state index >= 15 is 0 Å². The van der Waals surface area contributed by atoms with Crippen LogP contribution in [-0.4, -0.2) is 31.8 Å². The molecule has 8 nitrogen and oxygen atoms in total. The van der Waals surface area contributed by atoms with Crippen molar-refractivity contribution in [3.05, 3.63) is 123 Å². The third-order valence-electron chi connectivity index (χ3n) is 6.53. The maximum absolute atomic E-state index is 13.6. The van der Waals surface area contributed by atoms with Gasteiger partial charge in [-0.3, -0.25) is 14.3 Å². The molecule has 0 saturated carbocycles. The number of carbonyl (C=O) groups excluding carboxylic acids is 1. The van der Waals surface area contributed by atoms with Crippen LogP contribution < -0.4 is 16.2 Å². The Morgan fingerprint density at radius 1 is 1.02 bits per heavy atom. The zero-order chi connectivity index (χ0) is 28.2. The minimum absolute atomic E-state index is 0.00116. The van der Waals surface area contributed by atoms with Gasteiger partial charge in [-0.05, 0) is 54.4 Å². The number of aromatic nitrogens is 4. The number of hydrogen-bond donors (Lipinski definition) is 2. The van der Waals surface area contributed by atoms with Crippen LogP contribution in [0.2, 0.25) is 0 Å². The zero-order valence-electron chi connectivity index (χ0n) is 21.9. The molecule has 2 N–H and O–H groups in total. The van der Waals surface area contributed by atoms with E-state index in [1.807, 2.05) is 54.6 Å². The monoisotopic (exact) mass is 540 g/mol. The Morgan fingerprint density at radius 3 is 2.60 bits per heavy atom. The van der Waals surface area contributed by atoms with Gasteiger partial charge in [-0.2, -0.15) is 0 Å². The number of nitrogens with one attached hydrogen (secondary N) is 2. The highest BCUT2D eigenvalue weighted by Crippen LogP contribution is 2.18. The van der Waals surface area contributed by atoms with Gasteiger partial charge in [0.2, 0.25) is 5.95 Å². The van der Waals surface area contributed by atoms with Gasteiger partial charge in [-0.15, -0.1) is 0 Å². The molecule has 2 aromatic heterocycles. The van der Waals surface area contributed by atoms with Crippen LogP contribution in [-0.2, 0) is 13.6 Å². The second-order valence-electron chi connectivity index (χ2n) is 9.21. The Bertz CT molecular complexity index is 1790. The molecule has 2 heterocycles. The summed E-state index contributed by atoms with van der Waals surface area (Å²) in [5.74, 6) is -1.97. The number of benzene rings is 3. The molecular formula is C30H26F2N6O2. The molecule has 5 rings (SSSR count). The number of para-hydroxylation sites is 1. The normalized spacial score (nSPS) is 11.3. The molecule has 0 aliphatic carbocycles. The zero-order valence-corrected chi connectivity index (χ0v) is 21.9. The minimum Gasteiger partial charge on any atom is -0.348 e. The van der Waals surface area contributed by atoms with Crippen molar-refractivity contribution < 1.29 is 13.6 Å². The summed E-state index contributed by atoms with van der Waals surface area (Å²) in [4.78, 5) is 34.8. The molecule has 3 aromatic carbocycles. The van der Waals surface area contributed by atoms with E-state index in [0.29, 0.717) is 17.2 Å². The summed E-state index contributed by atoms with van der Waals surface area (Å²) in [5, 5.41) is 6.79. The van der Waals surface area contributed by atoms with Gasteiger partial charge < -0.3 is 10.6 Å². The Hall–Kier alpha value is -5.12. The lowest BCUT2D eigenvalue weighted by Gasteiger charge is -2.08. The molecule has 0 aliphatic rings. The van der Waals surface area contributed by atoms with Gasteiger partial charge in [0.1, 0.15) is 5.56 Å². The number of rotatable bonds is 8. The number of carbonyl (C=O) groups is 1. The van der Waals surface area contributed by atoms with E-state index in [9.17, 15) is 18.4 Å². The highest BCUT2D eigenvalue weighted by Gasteiger charge is 2.21. The maximum Gasteiger partial charge on any atom is 0.280 e. The fourth-order valence-corrected chi connectivity index (χ4v) is 4.31. The first-order valence-corrected chi connectivity index (χ1v) is 12.5. The predicted molar refractivity (Wildman–Crippen MR) is 150 cm³/mol. The Morgan fingerprint density at radius 2 is 1.82 bits per heavy atom. The number of anilines is 2. The summed E-state index contributed by atoms with van der Waals surface area (Å²) in [6.45, 7) is 1.85. The lowest BCUT2D eigenvalue weighted by Crippen LogP contribution is -2.31. The largest absolute Gasteiger partial charge is 0.348 e. The average molecular weight is 541 g/mol. The van der Waals surface area contributed by atoms with Crippen LogP contribution in [0.3, 0.4) is 0 Å². The first-order valence-electron chi connectivity index (χ1n) is 12.5. The number of fused-ring (bicyclic) bond motifs is 1. The highest BCUT2D eigenvalue weighted by atomic mass is 19.2. The van der Waals surface area contributed by atoms with Crippen LogP contribution in [0, 0.1) is 18.6 Å². The number of hydrogen-bond acceptors (Lipinski definition) is 5. The van der Waals surface area contributed by atoms with Crippen molar-refractivity contribution in [1.29, 1.82) is 0 Å². The lowest BCUT2D eigenvalue weighted by molar-refractivity contribution is 0.0956. The van der Waals surface area contributed by atoms with Crippen molar-refractivity contribution in [3.63, 3.8) is 0 Å². The molecule has 0 radical (unpaired) electrons. The summed E-state index contributed by atoms with van der Waals surface area (Å²) < 4.78 is 29.7. The first-order chi connectivity index (χ1) is 19.3. The molecule has 0 aliphatic heterocycles. The van der Waals surface area contributed by atoms with Gasteiger partial charge >= 0.3 is 0 Å². The first kappa shape index (κ1) is 26.5. The molecule has 5 aromatic rings. The van der Waals surface area contributed by atoms with Gasteiger partial charge in [-0.25, -0.2) is 23.4 Å². The molecular weight excluding hydrogens is 514 g/mol. The van der Waals surface area contributed by atoms with Gasteiger partial charge in [0.15, 0.2) is 11.6 Å². The van der Waals surface area contributed by atoms with E-state index in [2.05, 4.69) is 20.6 Å². The van der Waals surface area contributed by atoms with Gasteiger partial charge in [0.25, 0.3) is 11.5 Å². The van der Waals surface area contributed by atoms with E-state index in [4.69, 9.17) is 0 Å². The van der Waals surface area contributed by atoms with Gasteiger partial charge in [-0.1, -0.05) is 42.5 Å². The molecule has 40 heavy (non-hydrogen) atoms. The second kappa shape index (κ2) is 11.3. The van der Waals surface area contributed by atoms with Crippen molar-refractivity contribution in [3.8, 4) is 0 Å². The minimum atomic E-state index is -0.995. The Labute approximate surface area is 228 Å². The number of halogens is 2. The molecule has 0 bridgehead atoms. The van der Waals surface area contributed by atoms with Crippen molar-refractivity contribution in [2.45, 2.75) is 13.5 Å². The second-order valence-corrected chi connectivity index (χ2v) is 9.21. The van der Waals surface area contributed by atoms with Gasteiger partial charge in [0.05, 0.1) is 12.1 Å². The smallest absolute Gasteiger partial charge is 0.280 e. The van der Waals surface area contributed by atoms with Crippen molar-refractivity contribution >= 4 is 34.5 Å². The van der Waals surface area contributed by atoms with E-state index < -0.39 is 23.1 Å². The fraction of sp³-hybridized carbons (Fsp3) is 0.133. The SMILES string of the molecule is Cc1c(C(=O)NC/C=C/c2ccc3nc(Nc4ccccc4)ncc3c2)c(=O)n(Cc2ccc(F)c(F)c2)n1C. The van der Waals surface area contributed by atoms with E-state index in [0.717, 1.165) is 34.3 Å². The van der Waals surface area contributed by atoms with Crippen LogP contribution in [0.1, 0.15) is 27.2 Å². The van der Waals surface area contributed by atoms with Gasteiger partial charge in [0, 0.05) is 36.6 Å². The Kier molecular flexibility index (Phi) is 7.50. The van der Waals surface area contributed by atoms with Crippen LogP contribution in [0.15, 0.2) is 83.8 Å². The summed E-state index contributed by atoms with van der Waals surface area (Å²) in [5.41, 5.74) is 2.95. The van der Waals surface area contributed by atoms with E-state index in [1.165, 1.54) is 15.4 Å². The number of amides is 1. The third kappa shape index (κ3) is 5.65. The molecule has 202 valence electrons. The highest BCUT2D eigenvalue weighted by molar-refractivity contribution is 5.95. The molecule has 0 saturated heterocycles. The third-order valence-corrected chi connectivity index (χ3v) is 6.53. The van der Waals surface area contributed by atoms with Crippen LogP contribution in [0.4, 0.5) is 20.4 Å². The molecule has 1 amide bonds. The predicted octanol–water partition coefficient (Wildman–Crippen LogP) is 4.95. The molecule has 0 unspecified atom stereocenters. The summed E-state index contributed by atoms with van der Waals surface area (Å²) >= 11 is 0. The molecule has 10 heteroatoms. The van der Waals surface area contributed by atoms with E-state index in [1.54, 1.807) is 26.2 Å². The average Bonchev–Trinajstić information content (AvgIpc) is 3.16. The molecule has 0 spiro atoms.